The summed E-state index contributed by atoms with van der Waals surface area (Å²) in [5, 5.41) is 23.9. The third kappa shape index (κ3) is 5.13. The average Bonchev–Trinajstić information content (AvgIpc) is 2.69. The van der Waals surface area contributed by atoms with Gasteiger partial charge in [-0.15, -0.1) is 0 Å². The minimum absolute atomic E-state index is 0.0977. The van der Waals surface area contributed by atoms with E-state index in [1.807, 2.05) is 0 Å². The van der Waals surface area contributed by atoms with Crippen molar-refractivity contribution in [2.24, 2.45) is 0 Å². The minimum Gasteiger partial charge on any atom is -0.507 e. The van der Waals surface area contributed by atoms with Gasteiger partial charge in [0.2, 0.25) is 5.91 Å². The van der Waals surface area contributed by atoms with Crippen LogP contribution in [0.5, 0.6) is 17.2 Å². The van der Waals surface area contributed by atoms with Crippen molar-refractivity contribution in [3.63, 3.8) is 0 Å². The van der Waals surface area contributed by atoms with Gasteiger partial charge in [-0.05, 0) is 42.8 Å². The van der Waals surface area contributed by atoms with Gasteiger partial charge in [0.15, 0.2) is 11.5 Å². The van der Waals surface area contributed by atoms with Crippen LogP contribution in [0.15, 0.2) is 51.7 Å². The van der Waals surface area contributed by atoms with Gasteiger partial charge in [0.25, 0.3) is 0 Å². The van der Waals surface area contributed by atoms with Gasteiger partial charge in [-0.2, -0.15) is 0 Å². The van der Waals surface area contributed by atoms with Crippen LogP contribution >= 0.6 is 23.2 Å². The largest absolute Gasteiger partial charge is 0.507 e. The number of amides is 1. The number of nitrogens with one attached hydrogen (secondary N) is 1. The van der Waals surface area contributed by atoms with Gasteiger partial charge in [0.05, 0.1) is 22.7 Å². The molecule has 0 saturated carbocycles. The molecule has 31 heavy (non-hydrogen) atoms. The van der Waals surface area contributed by atoms with Crippen LogP contribution in [0, 0.1) is 6.92 Å². The van der Waals surface area contributed by atoms with E-state index in [1.165, 1.54) is 38.3 Å². The van der Waals surface area contributed by atoms with E-state index in [2.05, 4.69) is 5.32 Å². The number of aromatic hydroxyl groups is 2. The molecule has 0 aliphatic heterocycles. The zero-order chi connectivity index (χ0) is 22.7. The maximum Gasteiger partial charge on any atom is 0.343 e. The summed E-state index contributed by atoms with van der Waals surface area (Å²) < 4.78 is 10.2. The van der Waals surface area contributed by atoms with Crippen LogP contribution in [0.4, 0.5) is 5.69 Å². The number of rotatable bonds is 6. The molecule has 3 N–H and O–H groups in total. The molecule has 7 nitrogen and oxygen atoms in total. The van der Waals surface area contributed by atoms with Gasteiger partial charge in [-0.1, -0.05) is 29.3 Å². The Kier molecular flexibility index (Phi) is 6.77. The maximum absolute atomic E-state index is 12.8. The number of benzene rings is 2. The maximum atomic E-state index is 12.8. The van der Waals surface area contributed by atoms with Crippen LogP contribution in [0.2, 0.25) is 10.0 Å². The summed E-state index contributed by atoms with van der Waals surface area (Å²) in [6.07, 6.45) is -0.229. The normalized spacial score (nSPS) is 11.7. The molecular formula is C22H19Cl2NO6. The molecule has 3 rings (SSSR count). The van der Waals surface area contributed by atoms with Crippen molar-refractivity contribution >= 4 is 34.8 Å². The first-order chi connectivity index (χ1) is 14.7. The number of ether oxygens (including phenoxy) is 1. The number of phenolic OH excluding ortho intramolecular Hbond substituents is 1. The molecule has 0 aliphatic carbocycles. The molecule has 0 saturated heterocycles. The van der Waals surface area contributed by atoms with Crippen LogP contribution in [0.3, 0.4) is 0 Å². The molecule has 3 aromatic rings. The molecule has 1 aromatic heterocycles. The van der Waals surface area contributed by atoms with Crippen molar-refractivity contribution < 1.29 is 24.2 Å². The van der Waals surface area contributed by atoms with Gasteiger partial charge in [-0.3, -0.25) is 4.79 Å². The minimum atomic E-state index is -0.906. The first-order valence-corrected chi connectivity index (χ1v) is 9.90. The molecule has 1 amide bonds. The summed E-state index contributed by atoms with van der Waals surface area (Å²) in [5.74, 6) is -1.40. The van der Waals surface area contributed by atoms with Crippen molar-refractivity contribution in [3.05, 3.63) is 79.8 Å². The second-order valence-electron chi connectivity index (χ2n) is 6.81. The van der Waals surface area contributed by atoms with E-state index in [1.54, 1.807) is 18.2 Å². The van der Waals surface area contributed by atoms with Gasteiger partial charge in [-0.25, -0.2) is 4.79 Å². The van der Waals surface area contributed by atoms with Crippen LogP contribution in [0.25, 0.3) is 0 Å². The van der Waals surface area contributed by atoms with Crippen molar-refractivity contribution in [2.75, 3.05) is 12.4 Å². The molecule has 162 valence electrons. The Labute approximate surface area is 187 Å². The molecule has 0 radical (unpaired) electrons. The number of anilines is 1. The predicted octanol–water partition coefficient (Wildman–Crippen LogP) is 4.84. The molecule has 0 unspecified atom stereocenters. The predicted molar refractivity (Wildman–Crippen MR) is 118 cm³/mol. The monoisotopic (exact) mass is 463 g/mol. The highest BCUT2D eigenvalue weighted by atomic mass is 35.5. The third-order valence-corrected chi connectivity index (χ3v) is 5.38. The number of carbonyl (C=O) groups excluding carboxylic acids is 1. The fraction of sp³-hybridized carbons (Fsp3) is 0.182. The van der Waals surface area contributed by atoms with E-state index < -0.39 is 17.5 Å². The number of aryl methyl sites for hydroxylation is 1. The van der Waals surface area contributed by atoms with E-state index in [0.717, 1.165) is 0 Å². The molecule has 0 fully saturated rings. The Balaban J connectivity index is 2.00. The van der Waals surface area contributed by atoms with Crippen molar-refractivity contribution in [2.45, 2.75) is 19.3 Å². The lowest BCUT2D eigenvalue weighted by Gasteiger charge is -2.19. The summed E-state index contributed by atoms with van der Waals surface area (Å²) in [7, 11) is 1.40. The summed E-state index contributed by atoms with van der Waals surface area (Å²) in [6.45, 7) is 1.52. The number of hydrogen-bond donors (Lipinski definition) is 3. The number of phenols is 1. The van der Waals surface area contributed by atoms with Crippen LogP contribution in [-0.2, 0) is 4.79 Å². The molecule has 9 heteroatoms. The van der Waals surface area contributed by atoms with Gasteiger partial charge in [0.1, 0.15) is 11.5 Å². The van der Waals surface area contributed by atoms with E-state index in [-0.39, 0.29) is 40.0 Å². The SMILES string of the molecule is COc1ccc([C@@H](CC(=O)Nc2ccc(Cl)c(Cl)c2)c2c(O)cc(C)oc2=O)cc1O. The fourth-order valence-electron chi connectivity index (χ4n) is 3.21. The van der Waals surface area contributed by atoms with E-state index in [0.29, 0.717) is 16.3 Å². The highest BCUT2D eigenvalue weighted by Crippen LogP contribution is 2.37. The standard InChI is InChI=1S/C22H19Cl2NO6/c1-11-7-18(27)21(22(29)31-11)14(12-3-6-19(30-2)17(26)8-12)10-20(28)25-13-4-5-15(23)16(24)9-13/h3-9,14,26-27H,10H2,1-2H3,(H,25,28)/t14-/m1/s1. The quantitative estimate of drug-likeness (QED) is 0.482. The van der Waals surface area contributed by atoms with Crippen molar-refractivity contribution in [1.29, 1.82) is 0 Å². The zero-order valence-corrected chi connectivity index (χ0v) is 18.1. The average molecular weight is 464 g/mol. The summed E-state index contributed by atoms with van der Waals surface area (Å²) in [4.78, 5) is 25.3. The molecule has 0 spiro atoms. The topological polar surface area (TPSA) is 109 Å². The van der Waals surface area contributed by atoms with E-state index >= 15 is 0 Å². The molecule has 0 aliphatic rings. The summed E-state index contributed by atoms with van der Waals surface area (Å²) in [5.41, 5.74) is -0.0514. The second kappa shape index (κ2) is 9.32. The Morgan fingerprint density at radius 1 is 1.10 bits per heavy atom. The van der Waals surface area contributed by atoms with E-state index in [4.69, 9.17) is 32.4 Å². The Bertz CT molecular complexity index is 1190. The van der Waals surface area contributed by atoms with Gasteiger partial charge in [0, 0.05) is 24.1 Å². The van der Waals surface area contributed by atoms with Crippen LogP contribution in [-0.4, -0.2) is 23.2 Å². The fourth-order valence-corrected chi connectivity index (χ4v) is 3.51. The smallest absolute Gasteiger partial charge is 0.343 e. The second-order valence-corrected chi connectivity index (χ2v) is 7.62. The van der Waals surface area contributed by atoms with E-state index in [9.17, 15) is 19.8 Å². The molecule has 2 aromatic carbocycles. The molecule has 0 bridgehead atoms. The third-order valence-electron chi connectivity index (χ3n) is 4.64. The number of halogens is 2. The lowest BCUT2D eigenvalue weighted by Crippen LogP contribution is -2.21. The summed E-state index contributed by atoms with van der Waals surface area (Å²) in [6, 6.07) is 10.4. The van der Waals surface area contributed by atoms with Crippen LogP contribution < -0.4 is 15.7 Å². The Hall–Kier alpha value is -3.16. The molecule has 1 heterocycles. The number of hydrogen-bond acceptors (Lipinski definition) is 6. The Morgan fingerprint density at radius 3 is 2.45 bits per heavy atom. The lowest BCUT2D eigenvalue weighted by atomic mass is 9.88. The highest BCUT2D eigenvalue weighted by molar-refractivity contribution is 6.42. The highest BCUT2D eigenvalue weighted by Gasteiger charge is 2.26. The van der Waals surface area contributed by atoms with Crippen molar-refractivity contribution in [1.82, 2.24) is 0 Å². The zero-order valence-electron chi connectivity index (χ0n) is 16.6. The lowest BCUT2D eigenvalue weighted by molar-refractivity contribution is -0.116. The number of carbonyl (C=O) groups is 1. The first kappa shape index (κ1) is 22.5. The number of methoxy groups -OCH3 is 1. The first-order valence-electron chi connectivity index (χ1n) is 9.15. The van der Waals surface area contributed by atoms with Gasteiger partial charge < -0.3 is 24.7 Å². The molecule has 1 atom stereocenters. The Morgan fingerprint density at radius 2 is 1.84 bits per heavy atom. The summed E-state index contributed by atoms with van der Waals surface area (Å²) >= 11 is 11.9. The van der Waals surface area contributed by atoms with Crippen molar-refractivity contribution in [3.8, 4) is 17.2 Å². The van der Waals surface area contributed by atoms with Gasteiger partial charge >= 0.3 is 5.63 Å². The molecular weight excluding hydrogens is 445 g/mol. The van der Waals surface area contributed by atoms with Crippen LogP contribution in [0.1, 0.15) is 29.2 Å².